The van der Waals surface area contributed by atoms with Crippen LogP contribution in [0.5, 0.6) is 0 Å². The second kappa shape index (κ2) is 10.2. The van der Waals surface area contributed by atoms with E-state index in [-0.39, 0.29) is 0 Å². The van der Waals surface area contributed by atoms with Crippen molar-refractivity contribution in [3.8, 4) is 33.2 Å². The van der Waals surface area contributed by atoms with Crippen molar-refractivity contribution >= 4 is 34.0 Å². The van der Waals surface area contributed by atoms with E-state index in [2.05, 4.69) is 66.5 Å². The maximum absolute atomic E-state index is 6.69. The first-order chi connectivity index (χ1) is 19.0. The molecule has 1 saturated heterocycles. The van der Waals surface area contributed by atoms with Crippen molar-refractivity contribution in [1.29, 1.82) is 0 Å². The molecular weight excluding hydrogens is 524 g/mol. The van der Waals surface area contributed by atoms with Crippen LogP contribution in [0.3, 0.4) is 0 Å². The fourth-order valence-electron chi connectivity index (χ4n) is 6.01. The van der Waals surface area contributed by atoms with Gasteiger partial charge >= 0.3 is 0 Å². The second-order valence-electron chi connectivity index (χ2n) is 10.7. The summed E-state index contributed by atoms with van der Waals surface area (Å²) in [6.07, 6.45) is 3.54. The van der Waals surface area contributed by atoms with E-state index < -0.39 is 0 Å². The molecule has 2 aromatic heterocycles. The van der Waals surface area contributed by atoms with Gasteiger partial charge in [-0.25, -0.2) is 9.97 Å². The number of thiazole rings is 1. The lowest BCUT2D eigenvalue weighted by Crippen LogP contribution is -2.22. The monoisotopic (exact) mass is 554 g/mol. The third-order valence-electron chi connectivity index (χ3n) is 8.13. The molecular formula is C32H31ClN4OS. The summed E-state index contributed by atoms with van der Waals surface area (Å²) in [6, 6.07) is 17.1. The standard InChI is InChI=1S/C32H31ClN4OS/c1-19-22(23-8-6-10-25(20(23)2)32-36-27-11-12-34-17-29(27)39-32)7-5-9-24(19)31-35-28-16-21(15-26(33)30(28)38-31)18-37-13-3-4-14-37/h5-10,15-16,34H,3-4,11-14,17-18H2,1-2H3. The first kappa shape index (κ1) is 25.0. The Bertz CT molecular complexity index is 1670. The number of likely N-dealkylation sites (tertiary alicyclic amines) is 1. The van der Waals surface area contributed by atoms with Crippen LogP contribution >= 0.6 is 22.9 Å². The number of halogens is 1. The zero-order chi connectivity index (χ0) is 26.5. The lowest BCUT2D eigenvalue weighted by atomic mass is 9.91. The lowest BCUT2D eigenvalue weighted by Gasteiger charge is -2.14. The highest BCUT2D eigenvalue weighted by Crippen LogP contribution is 2.39. The first-order valence-corrected chi connectivity index (χ1v) is 15.0. The summed E-state index contributed by atoms with van der Waals surface area (Å²) in [4.78, 5) is 13.8. The van der Waals surface area contributed by atoms with E-state index >= 15 is 0 Å². The molecule has 4 heterocycles. The Hall–Kier alpha value is -3.03. The van der Waals surface area contributed by atoms with Gasteiger partial charge in [0.2, 0.25) is 5.89 Å². The number of hydrogen-bond acceptors (Lipinski definition) is 6. The van der Waals surface area contributed by atoms with Crippen molar-refractivity contribution in [3.63, 3.8) is 0 Å². The van der Waals surface area contributed by atoms with E-state index in [1.165, 1.54) is 51.2 Å². The van der Waals surface area contributed by atoms with Crippen LogP contribution in [0.15, 0.2) is 52.9 Å². The Labute approximate surface area is 237 Å². The molecule has 5 nitrogen and oxygen atoms in total. The lowest BCUT2D eigenvalue weighted by molar-refractivity contribution is 0.331. The molecule has 39 heavy (non-hydrogen) atoms. The van der Waals surface area contributed by atoms with Crippen LogP contribution in [0.4, 0.5) is 0 Å². The number of rotatable bonds is 5. The Morgan fingerprint density at radius 1 is 0.949 bits per heavy atom. The minimum Gasteiger partial charge on any atom is -0.434 e. The molecule has 0 aliphatic carbocycles. The highest BCUT2D eigenvalue weighted by molar-refractivity contribution is 7.15. The van der Waals surface area contributed by atoms with Crippen molar-refractivity contribution in [3.05, 3.63) is 80.8 Å². The van der Waals surface area contributed by atoms with Crippen LogP contribution in [0.25, 0.3) is 44.3 Å². The maximum atomic E-state index is 6.69. The van der Waals surface area contributed by atoms with Gasteiger partial charge < -0.3 is 9.73 Å². The zero-order valence-corrected chi connectivity index (χ0v) is 23.9. The van der Waals surface area contributed by atoms with Gasteiger partial charge in [0.15, 0.2) is 5.58 Å². The van der Waals surface area contributed by atoms with Gasteiger partial charge in [-0.15, -0.1) is 11.3 Å². The molecule has 0 atom stereocenters. The Morgan fingerprint density at radius 2 is 1.67 bits per heavy atom. The Kier molecular flexibility index (Phi) is 6.52. The van der Waals surface area contributed by atoms with E-state index in [1.807, 2.05) is 17.4 Å². The van der Waals surface area contributed by atoms with E-state index in [1.54, 1.807) is 0 Å². The molecule has 3 aromatic carbocycles. The second-order valence-corrected chi connectivity index (χ2v) is 12.2. The van der Waals surface area contributed by atoms with Crippen LogP contribution in [-0.4, -0.2) is 34.5 Å². The number of fused-ring (bicyclic) bond motifs is 2. The maximum Gasteiger partial charge on any atom is 0.227 e. The first-order valence-electron chi connectivity index (χ1n) is 13.8. The summed E-state index contributed by atoms with van der Waals surface area (Å²) in [5, 5.41) is 5.19. The molecule has 7 rings (SSSR count). The number of benzene rings is 3. The number of oxazole rings is 1. The molecule has 0 bridgehead atoms. The van der Waals surface area contributed by atoms with Gasteiger partial charge in [-0.1, -0.05) is 41.9 Å². The van der Waals surface area contributed by atoms with E-state index in [0.717, 1.165) is 60.8 Å². The fourth-order valence-corrected chi connectivity index (χ4v) is 7.45. The normalized spacial score (nSPS) is 15.8. The van der Waals surface area contributed by atoms with Crippen LogP contribution in [0, 0.1) is 13.8 Å². The van der Waals surface area contributed by atoms with Gasteiger partial charge in [-0.2, -0.15) is 0 Å². The molecule has 1 fully saturated rings. The summed E-state index contributed by atoms with van der Waals surface area (Å²) < 4.78 is 6.28. The quantitative estimate of drug-likeness (QED) is 0.240. The fraction of sp³-hybridized carbons (Fsp3) is 0.312. The summed E-state index contributed by atoms with van der Waals surface area (Å²) in [6.45, 7) is 9.48. The van der Waals surface area contributed by atoms with Crippen LogP contribution in [0.1, 0.15) is 40.1 Å². The van der Waals surface area contributed by atoms with E-state index in [9.17, 15) is 0 Å². The van der Waals surface area contributed by atoms with Crippen molar-refractivity contribution < 1.29 is 4.42 Å². The number of aromatic nitrogens is 2. The van der Waals surface area contributed by atoms with Gasteiger partial charge in [-0.3, -0.25) is 4.90 Å². The van der Waals surface area contributed by atoms with Gasteiger partial charge in [0.25, 0.3) is 0 Å². The largest absolute Gasteiger partial charge is 0.434 e. The van der Waals surface area contributed by atoms with Crippen LogP contribution in [-0.2, 0) is 19.5 Å². The SMILES string of the molecule is Cc1c(-c2nc3cc(CN4CCCC4)cc(Cl)c3o2)cccc1-c1cccc(-c2nc3c(s2)CNCC3)c1C. The Morgan fingerprint density at radius 3 is 2.44 bits per heavy atom. The predicted molar refractivity (Wildman–Crippen MR) is 160 cm³/mol. The third kappa shape index (κ3) is 4.59. The summed E-state index contributed by atoms with van der Waals surface area (Å²) in [5.41, 5.74) is 10.9. The Balaban J connectivity index is 1.26. The number of nitrogens with zero attached hydrogens (tertiary/aromatic N) is 3. The van der Waals surface area contributed by atoms with Crippen molar-refractivity contribution in [2.45, 2.75) is 46.2 Å². The molecule has 0 saturated carbocycles. The number of nitrogens with one attached hydrogen (secondary N) is 1. The molecule has 5 aromatic rings. The van der Waals surface area contributed by atoms with Gasteiger partial charge in [0.1, 0.15) is 10.5 Å². The molecule has 0 radical (unpaired) electrons. The van der Waals surface area contributed by atoms with Crippen molar-refractivity contribution in [2.75, 3.05) is 19.6 Å². The highest BCUT2D eigenvalue weighted by atomic mass is 35.5. The van der Waals surface area contributed by atoms with Crippen molar-refractivity contribution in [1.82, 2.24) is 20.2 Å². The van der Waals surface area contributed by atoms with Gasteiger partial charge in [0, 0.05) is 42.1 Å². The van der Waals surface area contributed by atoms with Crippen LogP contribution < -0.4 is 5.32 Å². The molecule has 0 spiro atoms. The highest BCUT2D eigenvalue weighted by Gasteiger charge is 2.21. The van der Waals surface area contributed by atoms with Gasteiger partial charge in [0.05, 0.1) is 10.7 Å². The third-order valence-corrected chi connectivity index (χ3v) is 9.54. The van der Waals surface area contributed by atoms with Gasteiger partial charge in [-0.05, 0) is 85.8 Å². The van der Waals surface area contributed by atoms with E-state index in [0.29, 0.717) is 16.5 Å². The molecule has 2 aliphatic rings. The zero-order valence-electron chi connectivity index (χ0n) is 22.3. The van der Waals surface area contributed by atoms with Crippen molar-refractivity contribution in [2.24, 2.45) is 0 Å². The minimum atomic E-state index is 0.610. The summed E-state index contributed by atoms with van der Waals surface area (Å²) >= 11 is 8.50. The summed E-state index contributed by atoms with van der Waals surface area (Å²) in [7, 11) is 0. The average molecular weight is 555 g/mol. The molecule has 0 unspecified atom stereocenters. The van der Waals surface area contributed by atoms with Crippen LogP contribution in [0.2, 0.25) is 5.02 Å². The molecule has 7 heteroatoms. The predicted octanol–water partition coefficient (Wildman–Crippen LogP) is 7.80. The molecule has 1 N–H and O–H groups in total. The number of hydrogen-bond donors (Lipinski definition) is 1. The smallest absolute Gasteiger partial charge is 0.227 e. The molecule has 2 aliphatic heterocycles. The molecule has 198 valence electrons. The van der Waals surface area contributed by atoms with E-state index in [4.69, 9.17) is 26.0 Å². The summed E-state index contributed by atoms with van der Waals surface area (Å²) in [5.74, 6) is 0.610. The topological polar surface area (TPSA) is 54.2 Å². The average Bonchev–Trinajstić information content (AvgIpc) is 3.69. The molecule has 0 amide bonds. The minimum absolute atomic E-state index is 0.610.